The number of carbonyl (C=O) groups excluding carboxylic acids is 1. The average molecular weight is 360 g/mol. The Morgan fingerprint density at radius 2 is 1.88 bits per heavy atom. The highest BCUT2D eigenvalue weighted by Gasteiger charge is 2.51. The summed E-state index contributed by atoms with van der Waals surface area (Å²) in [6, 6.07) is 0.510. The second-order valence-corrected chi connectivity index (χ2v) is 11.1. The van der Waals surface area contributed by atoms with E-state index in [1.54, 1.807) is 4.90 Å². The minimum absolute atomic E-state index is 0.302. The fourth-order valence-electron chi connectivity index (χ4n) is 6.88. The molecule has 1 N–H and O–H groups in total. The normalized spacial score (nSPS) is 42.0. The van der Waals surface area contributed by atoms with Crippen LogP contribution in [0.2, 0.25) is 0 Å². The lowest BCUT2D eigenvalue weighted by atomic mass is 9.65. The molecule has 0 aromatic carbocycles. The van der Waals surface area contributed by atoms with Crippen molar-refractivity contribution in [2.45, 2.75) is 78.2 Å². The van der Waals surface area contributed by atoms with Crippen molar-refractivity contribution in [3.8, 4) is 0 Å². The van der Waals surface area contributed by atoms with Crippen molar-refractivity contribution in [2.75, 3.05) is 26.2 Å². The number of nitrogens with one attached hydrogen (secondary N) is 1. The third-order valence-electron chi connectivity index (χ3n) is 7.69. The number of hydrogen-bond acceptors (Lipinski definition) is 1. The molecule has 2 bridgehead atoms. The van der Waals surface area contributed by atoms with Crippen LogP contribution in [0.5, 0.6) is 0 Å². The molecule has 0 aromatic heterocycles. The number of quaternary nitrogens is 1. The molecule has 3 atom stereocenters. The van der Waals surface area contributed by atoms with Gasteiger partial charge in [-0.05, 0) is 49.4 Å². The molecule has 2 aliphatic heterocycles. The monoisotopic (exact) mass is 359 g/mol. The standard InChI is InChI=1S/C23H38N2O/c1-22(2)13-20-14-23(3,16-22)17-25(20)21(26)19-9-11-24(12-10-19)15-18-7-5-4-6-8-18/h4-5,18-20H,6-17H2,1-3H3/p+1/t18-,20+,23+/m0/s1. The lowest BCUT2D eigenvalue weighted by Gasteiger charge is -2.39. The van der Waals surface area contributed by atoms with Crippen LogP contribution in [-0.2, 0) is 4.79 Å². The van der Waals surface area contributed by atoms with E-state index in [2.05, 4.69) is 37.8 Å². The lowest BCUT2D eigenvalue weighted by molar-refractivity contribution is -0.909. The molecule has 1 saturated carbocycles. The maximum atomic E-state index is 13.3. The highest BCUT2D eigenvalue weighted by Crippen LogP contribution is 2.52. The zero-order valence-corrected chi connectivity index (χ0v) is 17.2. The molecule has 4 rings (SSSR count). The first-order valence-corrected chi connectivity index (χ1v) is 11.1. The van der Waals surface area contributed by atoms with Gasteiger partial charge in [-0.25, -0.2) is 0 Å². The molecule has 1 amide bonds. The van der Waals surface area contributed by atoms with Crippen molar-refractivity contribution in [1.82, 2.24) is 4.90 Å². The average Bonchev–Trinajstić information content (AvgIpc) is 2.85. The van der Waals surface area contributed by atoms with Crippen LogP contribution in [-0.4, -0.2) is 43.0 Å². The van der Waals surface area contributed by atoms with Gasteiger partial charge in [-0.15, -0.1) is 0 Å². The van der Waals surface area contributed by atoms with E-state index in [1.807, 2.05) is 0 Å². The maximum absolute atomic E-state index is 13.3. The number of rotatable bonds is 3. The quantitative estimate of drug-likeness (QED) is 0.770. The first-order chi connectivity index (χ1) is 12.3. The summed E-state index contributed by atoms with van der Waals surface area (Å²) in [5.74, 6) is 1.68. The summed E-state index contributed by atoms with van der Waals surface area (Å²) in [4.78, 5) is 17.4. The first kappa shape index (κ1) is 18.5. The Bertz CT molecular complexity index is 561. The Kier molecular flexibility index (Phi) is 4.96. The number of allylic oxidation sites excluding steroid dienone is 2. The lowest BCUT2D eigenvalue weighted by Crippen LogP contribution is -3.13. The Morgan fingerprint density at radius 3 is 2.58 bits per heavy atom. The zero-order valence-electron chi connectivity index (χ0n) is 17.2. The molecular formula is C23H39N2O+. The molecule has 26 heavy (non-hydrogen) atoms. The predicted molar refractivity (Wildman–Crippen MR) is 106 cm³/mol. The summed E-state index contributed by atoms with van der Waals surface area (Å²) in [5.41, 5.74) is 0.761. The van der Waals surface area contributed by atoms with Crippen LogP contribution in [0.1, 0.15) is 72.1 Å². The van der Waals surface area contributed by atoms with Crippen LogP contribution >= 0.6 is 0 Å². The fourth-order valence-corrected chi connectivity index (χ4v) is 6.88. The third-order valence-corrected chi connectivity index (χ3v) is 7.69. The van der Waals surface area contributed by atoms with Gasteiger partial charge in [0.1, 0.15) is 0 Å². The van der Waals surface area contributed by atoms with Crippen LogP contribution in [0.15, 0.2) is 12.2 Å². The molecule has 0 unspecified atom stereocenters. The van der Waals surface area contributed by atoms with Gasteiger partial charge in [-0.1, -0.05) is 32.9 Å². The fraction of sp³-hybridized carbons (Fsp3) is 0.870. The molecule has 4 aliphatic rings. The van der Waals surface area contributed by atoms with Crippen LogP contribution in [0.25, 0.3) is 0 Å². The number of nitrogens with zero attached hydrogens (tertiary/aromatic N) is 1. The number of hydrogen-bond donors (Lipinski definition) is 1. The van der Waals surface area contributed by atoms with Gasteiger partial charge in [0, 0.05) is 37.3 Å². The van der Waals surface area contributed by atoms with Crippen molar-refractivity contribution < 1.29 is 9.69 Å². The van der Waals surface area contributed by atoms with Gasteiger partial charge in [0.25, 0.3) is 0 Å². The van der Waals surface area contributed by atoms with Crippen molar-refractivity contribution in [3.05, 3.63) is 12.2 Å². The van der Waals surface area contributed by atoms with Crippen LogP contribution in [0.3, 0.4) is 0 Å². The first-order valence-electron chi connectivity index (χ1n) is 11.1. The van der Waals surface area contributed by atoms with E-state index >= 15 is 0 Å². The molecule has 2 heterocycles. The Morgan fingerprint density at radius 1 is 1.12 bits per heavy atom. The molecular weight excluding hydrogens is 320 g/mol. The summed E-state index contributed by atoms with van der Waals surface area (Å²) in [7, 11) is 0. The predicted octanol–water partition coefficient (Wildman–Crippen LogP) is 3.06. The van der Waals surface area contributed by atoms with E-state index in [-0.39, 0.29) is 0 Å². The Hall–Kier alpha value is -0.830. The van der Waals surface area contributed by atoms with E-state index in [4.69, 9.17) is 0 Å². The van der Waals surface area contributed by atoms with Crippen LogP contribution < -0.4 is 4.90 Å². The highest BCUT2D eigenvalue weighted by atomic mass is 16.2. The number of piperidine rings is 1. The molecule has 3 heteroatoms. The molecule has 0 spiro atoms. The SMILES string of the molecule is CC1(C)C[C@@H]2C[C@@](C)(CN2C(=O)C2CC[NH+](C[C@H]3CC=CCC3)CC2)C1. The zero-order chi connectivity index (χ0) is 18.4. The van der Waals surface area contributed by atoms with Gasteiger partial charge >= 0.3 is 0 Å². The highest BCUT2D eigenvalue weighted by molar-refractivity contribution is 5.79. The number of fused-ring (bicyclic) bond motifs is 2. The second kappa shape index (κ2) is 6.96. The van der Waals surface area contributed by atoms with Crippen molar-refractivity contribution in [2.24, 2.45) is 22.7 Å². The van der Waals surface area contributed by atoms with Gasteiger partial charge in [0.15, 0.2) is 0 Å². The van der Waals surface area contributed by atoms with E-state index in [0.717, 1.165) is 25.3 Å². The molecule has 0 radical (unpaired) electrons. The Balaban J connectivity index is 1.31. The van der Waals surface area contributed by atoms with Crippen LogP contribution in [0, 0.1) is 22.7 Å². The summed E-state index contributed by atoms with van der Waals surface area (Å²) < 4.78 is 0. The molecule has 3 nitrogen and oxygen atoms in total. The van der Waals surface area contributed by atoms with Crippen molar-refractivity contribution in [3.63, 3.8) is 0 Å². The smallest absolute Gasteiger partial charge is 0.226 e. The summed E-state index contributed by atoms with van der Waals surface area (Å²) in [5, 5.41) is 0. The topological polar surface area (TPSA) is 24.8 Å². The van der Waals surface area contributed by atoms with Gasteiger partial charge in [0.05, 0.1) is 19.6 Å². The number of carbonyl (C=O) groups is 1. The number of likely N-dealkylation sites (tertiary alicyclic amines) is 2. The van der Waals surface area contributed by atoms with E-state index in [1.165, 1.54) is 58.2 Å². The molecule has 3 fully saturated rings. The van der Waals surface area contributed by atoms with Gasteiger partial charge in [0.2, 0.25) is 5.91 Å². The van der Waals surface area contributed by atoms with Crippen molar-refractivity contribution in [1.29, 1.82) is 0 Å². The van der Waals surface area contributed by atoms with E-state index < -0.39 is 0 Å². The van der Waals surface area contributed by atoms with Gasteiger partial charge < -0.3 is 9.80 Å². The maximum Gasteiger partial charge on any atom is 0.226 e. The Labute approximate surface area is 160 Å². The van der Waals surface area contributed by atoms with E-state index in [0.29, 0.717) is 28.7 Å². The molecule has 146 valence electrons. The molecule has 2 saturated heterocycles. The molecule has 2 aliphatic carbocycles. The number of amides is 1. The van der Waals surface area contributed by atoms with Crippen LogP contribution in [0.4, 0.5) is 0 Å². The molecule has 0 aromatic rings. The van der Waals surface area contributed by atoms with Gasteiger partial charge in [-0.2, -0.15) is 0 Å². The summed E-state index contributed by atoms with van der Waals surface area (Å²) in [6.07, 6.45) is 14.6. The summed E-state index contributed by atoms with van der Waals surface area (Å²) in [6.45, 7) is 12.0. The summed E-state index contributed by atoms with van der Waals surface area (Å²) >= 11 is 0. The second-order valence-electron chi connectivity index (χ2n) is 11.1. The van der Waals surface area contributed by atoms with Gasteiger partial charge in [-0.3, -0.25) is 4.79 Å². The minimum atomic E-state index is 0.302. The van der Waals surface area contributed by atoms with E-state index in [9.17, 15) is 4.79 Å². The minimum Gasteiger partial charge on any atom is -0.339 e. The third kappa shape index (κ3) is 3.88. The largest absolute Gasteiger partial charge is 0.339 e. The van der Waals surface area contributed by atoms with Crippen molar-refractivity contribution >= 4 is 5.91 Å².